The van der Waals surface area contributed by atoms with Gasteiger partial charge in [-0.1, -0.05) is 36.4 Å². The van der Waals surface area contributed by atoms with Crippen LogP contribution in [0.1, 0.15) is 38.1 Å². The van der Waals surface area contributed by atoms with E-state index in [1.54, 1.807) is 6.92 Å². The largest absolute Gasteiger partial charge is 0.462 e. The fraction of sp³-hybridized carbons (Fsp3) is 0.273. The number of hydrogen-bond donors (Lipinski definition) is 2. The summed E-state index contributed by atoms with van der Waals surface area (Å²) in [5.74, 6) is -0.561. The molecular weight excluding hydrogens is 372 g/mol. The van der Waals surface area contributed by atoms with Crippen molar-refractivity contribution in [2.24, 2.45) is 0 Å². The smallest absolute Gasteiger partial charge is 0.341 e. The number of fused-ring (bicyclic) bond motifs is 2. The number of carbonyl (C=O) groups is 2. The molecule has 0 radical (unpaired) electrons. The normalized spacial score (nSPS) is 15.9. The molecule has 0 saturated carbocycles. The molecule has 0 spiro atoms. The molecule has 2 aromatic carbocycles. The molecule has 1 aromatic heterocycles. The molecule has 1 atom stereocenters. The van der Waals surface area contributed by atoms with E-state index in [4.69, 9.17) is 4.74 Å². The lowest BCUT2D eigenvalue weighted by Crippen LogP contribution is -3.08. The van der Waals surface area contributed by atoms with Gasteiger partial charge in [0, 0.05) is 12.0 Å². The van der Waals surface area contributed by atoms with Gasteiger partial charge in [-0.3, -0.25) is 4.79 Å². The molecule has 0 bridgehead atoms. The molecule has 28 heavy (non-hydrogen) atoms. The Morgan fingerprint density at radius 2 is 1.96 bits per heavy atom. The van der Waals surface area contributed by atoms with E-state index in [2.05, 4.69) is 12.4 Å². The highest BCUT2D eigenvalue weighted by atomic mass is 32.1. The second kappa shape index (κ2) is 7.73. The third-order valence-electron chi connectivity index (χ3n) is 5.10. The highest BCUT2D eigenvalue weighted by molar-refractivity contribution is 7.17. The molecule has 5 nitrogen and oxygen atoms in total. The minimum atomic E-state index is -0.354. The number of ether oxygens (including phenoxy) is 1. The van der Waals surface area contributed by atoms with Gasteiger partial charge in [0.15, 0.2) is 0 Å². The maximum atomic E-state index is 13.1. The highest BCUT2D eigenvalue weighted by Gasteiger charge is 2.30. The van der Waals surface area contributed by atoms with Crippen molar-refractivity contribution >= 4 is 39.0 Å². The van der Waals surface area contributed by atoms with Crippen LogP contribution in [0.5, 0.6) is 0 Å². The molecule has 1 aliphatic heterocycles. The Bertz CT molecular complexity index is 1050. The number of likely N-dealkylation sites (N-methyl/N-ethyl adjacent to an activating group) is 1. The Morgan fingerprint density at radius 1 is 1.18 bits per heavy atom. The summed E-state index contributed by atoms with van der Waals surface area (Å²) in [5.41, 5.74) is 2.16. The molecule has 4 rings (SSSR count). The van der Waals surface area contributed by atoms with Crippen LogP contribution in [0, 0.1) is 0 Å². The number of anilines is 1. The molecule has 1 unspecified atom stereocenters. The third-order valence-corrected chi connectivity index (χ3v) is 6.24. The Hall–Kier alpha value is -2.70. The predicted molar refractivity (Wildman–Crippen MR) is 111 cm³/mol. The summed E-state index contributed by atoms with van der Waals surface area (Å²) in [5, 5.41) is 5.50. The molecule has 2 heterocycles. The first-order chi connectivity index (χ1) is 13.6. The first-order valence-electron chi connectivity index (χ1n) is 9.50. The van der Waals surface area contributed by atoms with Crippen molar-refractivity contribution in [1.82, 2.24) is 0 Å². The topological polar surface area (TPSA) is 59.8 Å². The number of nitrogens with one attached hydrogen (secondary N) is 2. The second-order valence-corrected chi connectivity index (χ2v) is 8.15. The van der Waals surface area contributed by atoms with E-state index in [-0.39, 0.29) is 11.9 Å². The molecule has 0 aliphatic carbocycles. The van der Waals surface area contributed by atoms with Gasteiger partial charge in [-0.05, 0) is 29.3 Å². The number of amides is 1. The molecule has 0 saturated heterocycles. The molecular formula is C22H23N2O3S+. The van der Waals surface area contributed by atoms with E-state index in [1.807, 2.05) is 42.5 Å². The van der Waals surface area contributed by atoms with E-state index >= 15 is 0 Å². The summed E-state index contributed by atoms with van der Waals surface area (Å²) >= 11 is 1.49. The van der Waals surface area contributed by atoms with Crippen LogP contribution in [-0.2, 0) is 17.7 Å². The SMILES string of the molecule is CCOC(=O)c1c(NC(=O)c2cccc3ccccc23)sc2c1CC[NH+](C)C2. The monoisotopic (exact) mass is 395 g/mol. The van der Waals surface area contributed by atoms with Gasteiger partial charge in [0.2, 0.25) is 0 Å². The quantitative estimate of drug-likeness (QED) is 0.668. The fourth-order valence-electron chi connectivity index (χ4n) is 3.72. The Morgan fingerprint density at radius 3 is 2.79 bits per heavy atom. The number of hydrogen-bond acceptors (Lipinski definition) is 4. The molecule has 144 valence electrons. The number of rotatable bonds is 4. The summed E-state index contributed by atoms with van der Waals surface area (Å²) in [6.07, 6.45) is 0.815. The lowest BCUT2D eigenvalue weighted by molar-refractivity contribution is -0.895. The second-order valence-electron chi connectivity index (χ2n) is 7.04. The number of benzene rings is 2. The number of esters is 1. The van der Waals surface area contributed by atoms with Crippen LogP contribution in [0.2, 0.25) is 0 Å². The fourth-order valence-corrected chi connectivity index (χ4v) is 5.07. The van der Waals surface area contributed by atoms with Gasteiger partial charge < -0.3 is 15.0 Å². The van der Waals surface area contributed by atoms with E-state index in [9.17, 15) is 9.59 Å². The van der Waals surface area contributed by atoms with Gasteiger partial charge in [0.05, 0.1) is 30.6 Å². The summed E-state index contributed by atoms with van der Waals surface area (Å²) < 4.78 is 5.29. The van der Waals surface area contributed by atoms with E-state index in [0.717, 1.165) is 40.7 Å². The van der Waals surface area contributed by atoms with Crippen molar-refractivity contribution in [2.45, 2.75) is 19.9 Å². The zero-order chi connectivity index (χ0) is 19.7. The van der Waals surface area contributed by atoms with Crippen molar-refractivity contribution in [3.8, 4) is 0 Å². The molecule has 2 N–H and O–H groups in total. The molecule has 0 fully saturated rings. The average Bonchev–Trinajstić information content (AvgIpc) is 3.04. The van der Waals surface area contributed by atoms with Crippen LogP contribution in [0.25, 0.3) is 10.8 Å². The standard InChI is InChI=1S/C22H22N2O3S/c1-3-27-22(26)19-17-11-12-24(2)13-18(17)28-21(19)23-20(25)16-10-6-8-14-7-4-5-9-15(14)16/h4-10H,3,11-13H2,1-2H3,(H,23,25)/p+1. The summed E-state index contributed by atoms with van der Waals surface area (Å²) in [6.45, 7) is 3.93. The molecule has 3 aromatic rings. The number of carbonyl (C=O) groups excluding carboxylic acids is 2. The molecule has 1 amide bonds. The zero-order valence-electron chi connectivity index (χ0n) is 16.0. The van der Waals surface area contributed by atoms with Gasteiger partial charge >= 0.3 is 5.97 Å². The Kier molecular flexibility index (Phi) is 5.15. The van der Waals surface area contributed by atoms with Gasteiger partial charge in [-0.2, -0.15) is 0 Å². The van der Waals surface area contributed by atoms with Gasteiger partial charge in [0.25, 0.3) is 5.91 Å². The van der Waals surface area contributed by atoms with Crippen LogP contribution < -0.4 is 10.2 Å². The Labute approximate surface area is 167 Å². The van der Waals surface area contributed by atoms with Crippen LogP contribution >= 0.6 is 11.3 Å². The van der Waals surface area contributed by atoms with E-state index in [0.29, 0.717) is 22.7 Å². The van der Waals surface area contributed by atoms with Gasteiger partial charge in [0.1, 0.15) is 11.5 Å². The van der Waals surface area contributed by atoms with Crippen LogP contribution in [0.3, 0.4) is 0 Å². The maximum Gasteiger partial charge on any atom is 0.341 e. The lowest BCUT2D eigenvalue weighted by Gasteiger charge is -2.19. The maximum absolute atomic E-state index is 13.1. The summed E-state index contributed by atoms with van der Waals surface area (Å²) in [6, 6.07) is 13.5. The predicted octanol–water partition coefficient (Wildman–Crippen LogP) is 2.90. The van der Waals surface area contributed by atoms with E-state index in [1.165, 1.54) is 16.2 Å². The van der Waals surface area contributed by atoms with Crippen molar-refractivity contribution in [2.75, 3.05) is 25.5 Å². The average molecular weight is 396 g/mol. The number of quaternary nitrogens is 1. The molecule has 1 aliphatic rings. The van der Waals surface area contributed by atoms with Crippen LogP contribution in [0.4, 0.5) is 5.00 Å². The van der Waals surface area contributed by atoms with Crippen LogP contribution in [0.15, 0.2) is 42.5 Å². The third kappa shape index (κ3) is 3.41. The minimum absolute atomic E-state index is 0.207. The van der Waals surface area contributed by atoms with E-state index < -0.39 is 0 Å². The molecule has 6 heteroatoms. The van der Waals surface area contributed by atoms with Crippen molar-refractivity contribution in [3.05, 3.63) is 64.0 Å². The summed E-state index contributed by atoms with van der Waals surface area (Å²) in [4.78, 5) is 28.3. The Balaban J connectivity index is 1.72. The zero-order valence-corrected chi connectivity index (χ0v) is 16.8. The van der Waals surface area contributed by atoms with Gasteiger partial charge in [-0.15, -0.1) is 11.3 Å². The summed E-state index contributed by atoms with van der Waals surface area (Å²) in [7, 11) is 2.14. The highest BCUT2D eigenvalue weighted by Crippen LogP contribution is 2.36. The van der Waals surface area contributed by atoms with Crippen LogP contribution in [-0.4, -0.2) is 32.1 Å². The van der Waals surface area contributed by atoms with Crippen molar-refractivity contribution < 1.29 is 19.2 Å². The van der Waals surface area contributed by atoms with Crippen molar-refractivity contribution in [1.29, 1.82) is 0 Å². The lowest BCUT2D eigenvalue weighted by atomic mass is 10.0. The first kappa shape index (κ1) is 18.7. The van der Waals surface area contributed by atoms with Crippen molar-refractivity contribution in [3.63, 3.8) is 0 Å². The number of thiophene rings is 1. The first-order valence-corrected chi connectivity index (χ1v) is 10.3. The van der Waals surface area contributed by atoms with Gasteiger partial charge in [-0.25, -0.2) is 4.79 Å². The minimum Gasteiger partial charge on any atom is -0.462 e.